The standard InChI is InChI=1S/C18H17N5O2/c19-15(24)5-3-12-7-20-18-17(12)22-14(8-21-18)13-4-6-16(25)23(10-13)9-11-1-2-11/h3-8,10-11H,1-2,9H2,(H2,19,24)(H,20,21)/b5-3+. The van der Waals surface area contributed by atoms with E-state index in [2.05, 4.69) is 15.0 Å². The topological polar surface area (TPSA) is 107 Å². The number of primary amides is 1. The summed E-state index contributed by atoms with van der Waals surface area (Å²) in [6.07, 6.45) is 10.5. The first-order valence-electron chi connectivity index (χ1n) is 8.12. The normalized spacial score (nSPS) is 14.4. The van der Waals surface area contributed by atoms with Gasteiger partial charge in [-0.3, -0.25) is 9.59 Å². The second-order valence-electron chi connectivity index (χ2n) is 6.28. The molecule has 1 aliphatic rings. The third-order valence-corrected chi connectivity index (χ3v) is 4.27. The van der Waals surface area contributed by atoms with Gasteiger partial charge in [0.1, 0.15) is 5.52 Å². The van der Waals surface area contributed by atoms with E-state index in [4.69, 9.17) is 5.73 Å². The van der Waals surface area contributed by atoms with E-state index < -0.39 is 5.91 Å². The Bertz CT molecular complexity index is 1040. The van der Waals surface area contributed by atoms with Crippen molar-refractivity contribution in [2.24, 2.45) is 11.7 Å². The molecule has 0 atom stereocenters. The van der Waals surface area contributed by atoms with E-state index in [1.54, 1.807) is 35.2 Å². The number of nitrogens with two attached hydrogens (primary N) is 1. The lowest BCUT2D eigenvalue weighted by molar-refractivity contribution is -0.113. The average Bonchev–Trinajstić information content (AvgIpc) is 3.32. The van der Waals surface area contributed by atoms with Crippen LogP contribution in [0, 0.1) is 5.92 Å². The summed E-state index contributed by atoms with van der Waals surface area (Å²) in [4.78, 5) is 35.0. The predicted molar refractivity (Wildman–Crippen MR) is 94.5 cm³/mol. The Morgan fingerprint density at radius 2 is 2.24 bits per heavy atom. The third-order valence-electron chi connectivity index (χ3n) is 4.27. The highest BCUT2D eigenvalue weighted by atomic mass is 16.1. The molecule has 0 saturated heterocycles. The van der Waals surface area contributed by atoms with Crippen LogP contribution in [0.15, 0.2) is 41.6 Å². The maximum atomic E-state index is 12.0. The number of hydrogen-bond donors (Lipinski definition) is 2. The summed E-state index contributed by atoms with van der Waals surface area (Å²) in [6.45, 7) is 0.749. The van der Waals surface area contributed by atoms with Crippen molar-refractivity contribution < 1.29 is 4.79 Å². The fraction of sp³-hybridized carbons (Fsp3) is 0.222. The summed E-state index contributed by atoms with van der Waals surface area (Å²) in [7, 11) is 0. The summed E-state index contributed by atoms with van der Waals surface area (Å²) in [5, 5.41) is 0. The molecule has 3 aromatic rings. The molecule has 0 aromatic carbocycles. The predicted octanol–water partition coefficient (Wildman–Crippen LogP) is 1.70. The molecule has 7 nitrogen and oxygen atoms in total. The van der Waals surface area contributed by atoms with Crippen LogP contribution in [0.3, 0.4) is 0 Å². The van der Waals surface area contributed by atoms with Crippen molar-refractivity contribution in [2.75, 3.05) is 0 Å². The second-order valence-corrected chi connectivity index (χ2v) is 6.28. The van der Waals surface area contributed by atoms with E-state index in [9.17, 15) is 9.59 Å². The molecule has 4 rings (SSSR count). The Hall–Kier alpha value is -3.22. The lowest BCUT2D eigenvalue weighted by Gasteiger charge is -2.07. The van der Waals surface area contributed by atoms with Crippen molar-refractivity contribution in [1.29, 1.82) is 0 Å². The number of carbonyl (C=O) groups is 1. The number of hydrogen-bond acceptors (Lipinski definition) is 4. The minimum absolute atomic E-state index is 0.00332. The summed E-state index contributed by atoms with van der Waals surface area (Å²) in [5.41, 5.74) is 8.65. The molecule has 25 heavy (non-hydrogen) atoms. The molecular weight excluding hydrogens is 318 g/mol. The summed E-state index contributed by atoms with van der Waals surface area (Å²) >= 11 is 0. The van der Waals surface area contributed by atoms with Gasteiger partial charge in [-0.15, -0.1) is 0 Å². The minimum Gasteiger partial charge on any atom is -0.366 e. The van der Waals surface area contributed by atoms with Gasteiger partial charge in [0.2, 0.25) is 5.91 Å². The van der Waals surface area contributed by atoms with E-state index in [0.717, 1.165) is 17.7 Å². The van der Waals surface area contributed by atoms with Gasteiger partial charge in [0, 0.05) is 42.2 Å². The average molecular weight is 335 g/mol. The van der Waals surface area contributed by atoms with E-state index in [-0.39, 0.29) is 5.56 Å². The van der Waals surface area contributed by atoms with Crippen molar-refractivity contribution in [2.45, 2.75) is 19.4 Å². The van der Waals surface area contributed by atoms with E-state index in [1.165, 1.54) is 18.9 Å². The van der Waals surface area contributed by atoms with Crippen molar-refractivity contribution in [3.63, 3.8) is 0 Å². The van der Waals surface area contributed by atoms with Gasteiger partial charge in [0.15, 0.2) is 5.65 Å². The fourth-order valence-electron chi connectivity index (χ4n) is 2.75. The van der Waals surface area contributed by atoms with Crippen LogP contribution >= 0.6 is 0 Å². The zero-order valence-electron chi connectivity index (χ0n) is 13.5. The monoisotopic (exact) mass is 335 g/mol. The summed E-state index contributed by atoms with van der Waals surface area (Å²) < 4.78 is 1.74. The summed E-state index contributed by atoms with van der Waals surface area (Å²) in [6, 6.07) is 3.32. The fourth-order valence-corrected chi connectivity index (χ4v) is 2.75. The molecule has 0 bridgehead atoms. The van der Waals surface area contributed by atoms with Crippen molar-refractivity contribution >= 4 is 23.1 Å². The Balaban J connectivity index is 1.74. The van der Waals surface area contributed by atoms with Crippen molar-refractivity contribution in [1.82, 2.24) is 19.5 Å². The van der Waals surface area contributed by atoms with Gasteiger partial charge in [-0.25, -0.2) is 9.97 Å². The molecule has 1 amide bonds. The van der Waals surface area contributed by atoms with Crippen LogP contribution in [0.25, 0.3) is 28.5 Å². The van der Waals surface area contributed by atoms with Gasteiger partial charge in [-0.1, -0.05) is 0 Å². The molecule has 3 aromatic heterocycles. The molecule has 0 radical (unpaired) electrons. The number of carbonyl (C=O) groups excluding carboxylic acids is 1. The molecule has 7 heteroatoms. The van der Waals surface area contributed by atoms with Gasteiger partial charge in [0.25, 0.3) is 5.56 Å². The Morgan fingerprint density at radius 1 is 1.40 bits per heavy atom. The number of aromatic amines is 1. The molecule has 3 heterocycles. The largest absolute Gasteiger partial charge is 0.366 e. The van der Waals surface area contributed by atoms with E-state index >= 15 is 0 Å². The van der Waals surface area contributed by atoms with Gasteiger partial charge in [0.05, 0.1) is 11.9 Å². The quantitative estimate of drug-likeness (QED) is 0.692. The van der Waals surface area contributed by atoms with Crippen LogP contribution < -0.4 is 11.3 Å². The highest BCUT2D eigenvalue weighted by Gasteiger charge is 2.22. The van der Waals surface area contributed by atoms with Crippen LogP contribution in [-0.2, 0) is 11.3 Å². The molecule has 0 aliphatic heterocycles. The zero-order valence-corrected chi connectivity index (χ0v) is 13.5. The van der Waals surface area contributed by atoms with Crippen LogP contribution in [0.1, 0.15) is 18.4 Å². The lowest BCUT2D eigenvalue weighted by Crippen LogP contribution is -2.19. The number of amides is 1. The van der Waals surface area contributed by atoms with Gasteiger partial charge in [-0.2, -0.15) is 0 Å². The molecule has 126 valence electrons. The van der Waals surface area contributed by atoms with Gasteiger partial charge >= 0.3 is 0 Å². The Morgan fingerprint density at radius 3 is 3.00 bits per heavy atom. The summed E-state index contributed by atoms with van der Waals surface area (Å²) in [5.74, 6) is 0.0855. The maximum Gasteiger partial charge on any atom is 0.250 e. The van der Waals surface area contributed by atoms with E-state index in [0.29, 0.717) is 22.8 Å². The molecule has 1 saturated carbocycles. The zero-order chi connectivity index (χ0) is 17.4. The third kappa shape index (κ3) is 3.21. The number of nitrogens with zero attached hydrogens (tertiary/aromatic N) is 3. The number of aromatic nitrogens is 4. The molecular formula is C18H17N5O2. The second kappa shape index (κ2) is 6.01. The highest BCUT2D eigenvalue weighted by Crippen LogP contribution is 2.30. The molecule has 1 aliphatic carbocycles. The number of fused-ring (bicyclic) bond motifs is 1. The number of nitrogens with one attached hydrogen (secondary N) is 1. The smallest absolute Gasteiger partial charge is 0.250 e. The Kier molecular flexibility index (Phi) is 3.68. The van der Waals surface area contributed by atoms with Crippen molar-refractivity contribution in [3.05, 3.63) is 52.7 Å². The SMILES string of the molecule is NC(=O)/C=C/c1c[nH]c2ncc(-c3ccc(=O)n(CC4CC4)c3)nc12. The molecule has 0 spiro atoms. The number of pyridine rings is 1. The van der Waals surface area contributed by atoms with Crippen LogP contribution in [0.2, 0.25) is 0 Å². The van der Waals surface area contributed by atoms with Crippen molar-refractivity contribution in [3.8, 4) is 11.3 Å². The first kappa shape index (κ1) is 15.3. The molecule has 1 fully saturated rings. The minimum atomic E-state index is -0.523. The van der Waals surface area contributed by atoms with Crippen LogP contribution in [-0.4, -0.2) is 25.4 Å². The van der Waals surface area contributed by atoms with Crippen LogP contribution in [0.5, 0.6) is 0 Å². The first-order chi connectivity index (χ1) is 12.1. The van der Waals surface area contributed by atoms with Crippen LogP contribution in [0.4, 0.5) is 0 Å². The highest BCUT2D eigenvalue weighted by molar-refractivity contribution is 5.93. The number of rotatable bonds is 5. The maximum absolute atomic E-state index is 12.0. The first-order valence-corrected chi connectivity index (χ1v) is 8.12. The lowest BCUT2D eigenvalue weighted by atomic mass is 10.2. The van der Waals surface area contributed by atoms with Gasteiger partial charge in [-0.05, 0) is 30.9 Å². The Labute approximate surface area is 143 Å². The van der Waals surface area contributed by atoms with E-state index in [1.807, 2.05) is 6.20 Å². The molecule has 3 N–H and O–H groups in total. The number of H-pyrrole nitrogens is 1. The molecule has 0 unspecified atom stereocenters. The van der Waals surface area contributed by atoms with Gasteiger partial charge < -0.3 is 15.3 Å².